The van der Waals surface area contributed by atoms with Crippen LogP contribution in [-0.2, 0) is 9.59 Å². The van der Waals surface area contributed by atoms with Crippen molar-refractivity contribution in [2.75, 3.05) is 39.8 Å². The van der Waals surface area contributed by atoms with E-state index in [1.807, 2.05) is 17.0 Å². The minimum atomic E-state index is -0.809. The van der Waals surface area contributed by atoms with Crippen LogP contribution in [0.5, 0.6) is 5.75 Å². The fourth-order valence-corrected chi connectivity index (χ4v) is 7.11. The first-order chi connectivity index (χ1) is 20.9. The molecule has 1 aromatic rings. The summed E-state index contributed by atoms with van der Waals surface area (Å²) in [5.41, 5.74) is -0.157. The van der Waals surface area contributed by atoms with Crippen LogP contribution in [0.4, 0.5) is 0 Å². The maximum absolute atomic E-state index is 13.8. The van der Waals surface area contributed by atoms with Crippen LogP contribution >= 0.6 is 12.4 Å². The summed E-state index contributed by atoms with van der Waals surface area (Å²) >= 11 is 0. The minimum Gasteiger partial charge on any atom is -0.494 e. The van der Waals surface area contributed by atoms with Crippen molar-refractivity contribution in [1.29, 1.82) is 0 Å². The number of piperazine rings is 1. The average Bonchev–Trinajstić information content (AvgIpc) is 3.04. The molecule has 4 rings (SSSR count). The first-order valence-corrected chi connectivity index (χ1v) is 16.9. The number of amides is 3. The number of halogens is 1. The largest absolute Gasteiger partial charge is 0.494 e. The van der Waals surface area contributed by atoms with Gasteiger partial charge in [0.2, 0.25) is 11.8 Å². The summed E-state index contributed by atoms with van der Waals surface area (Å²) in [6.07, 6.45) is 13.1. The van der Waals surface area contributed by atoms with Gasteiger partial charge in [-0.05, 0) is 81.7 Å². The molecule has 9 nitrogen and oxygen atoms in total. The van der Waals surface area contributed by atoms with Gasteiger partial charge in [0.25, 0.3) is 5.91 Å². The Bertz CT molecular complexity index is 1040. The number of unbranched alkanes of at least 4 members (excludes halogenated alkanes) is 5. The normalized spacial score (nSPS) is 21.4. The highest BCUT2D eigenvalue weighted by Gasteiger charge is 2.55. The highest BCUT2D eigenvalue weighted by Crippen LogP contribution is 2.36. The number of aliphatic hydroxyl groups excluding tert-OH is 1. The molecule has 1 aliphatic carbocycles. The number of benzene rings is 1. The Hall–Kier alpha value is -2.36. The topological polar surface area (TPSA) is 111 Å². The van der Waals surface area contributed by atoms with Crippen molar-refractivity contribution in [3.05, 3.63) is 29.8 Å². The lowest BCUT2D eigenvalue weighted by molar-refractivity contribution is -0.165. The van der Waals surface area contributed by atoms with Gasteiger partial charge < -0.3 is 30.3 Å². The lowest BCUT2D eigenvalue weighted by Gasteiger charge is -2.52. The molecule has 2 saturated heterocycles. The molecule has 1 saturated carbocycles. The Morgan fingerprint density at radius 2 is 1.66 bits per heavy atom. The van der Waals surface area contributed by atoms with Crippen LogP contribution in [0.15, 0.2) is 24.3 Å². The average molecular weight is 635 g/mol. The predicted molar refractivity (Wildman–Crippen MR) is 175 cm³/mol. The molecular formula is C34H55ClN4O5. The summed E-state index contributed by atoms with van der Waals surface area (Å²) in [6.45, 7) is 6.00. The molecule has 0 bridgehead atoms. The minimum absolute atomic E-state index is 0. The second-order valence-corrected chi connectivity index (χ2v) is 12.8. The number of hydrogen-bond acceptors (Lipinski definition) is 6. The van der Waals surface area contributed by atoms with Crippen LogP contribution in [0.25, 0.3) is 0 Å². The zero-order valence-corrected chi connectivity index (χ0v) is 27.7. The fraction of sp³-hybridized carbons (Fsp3) is 0.735. The van der Waals surface area contributed by atoms with Gasteiger partial charge >= 0.3 is 0 Å². The summed E-state index contributed by atoms with van der Waals surface area (Å²) in [5, 5.41) is 16.8. The first kappa shape index (κ1) is 36.1. The van der Waals surface area contributed by atoms with E-state index >= 15 is 0 Å². The van der Waals surface area contributed by atoms with Crippen molar-refractivity contribution in [2.24, 2.45) is 5.92 Å². The molecular weight excluding hydrogens is 580 g/mol. The second-order valence-electron chi connectivity index (χ2n) is 12.8. The van der Waals surface area contributed by atoms with Gasteiger partial charge in [-0.25, -0.2) is 0 Å². The van der Waals surface area contributed by atoms with Crippen molar-refractivity contribution in [1.82, 2.24) is 20.4 Å². The van der Waals surface area contributed by atoms with Gasteiger partial charge in [0, 0.05) is 32.2 Å². The molecule has 3 aliphatic rings. The Morgan fingerprint density at radius 3 is 2.32 bits per heavy atom. The van der Waals surface area contributed by atoms with Gasteiger partial charge in [0.1, 0.15) is 17.3 Å². The van der Waals surface area contributed by atoms with Gasteiger partial charge in [-0.3, -0.25) is 14.4 Å². The summed E-state index contributed by atoms with van der Waals surface area (Å²) in [6, 6.07) is 6.41. The Balaban J connectivity index is 0.00000529. The monoisotopic (exact) mass is 634 g/mol. The van der Waals surface area contributed by atoms with Crippen LogP contribution in [-0.4, -0.2) is 90.1 Å². The third-order valence-corrected chi connectivity index (χ3v) is 9.88. The van der Waals surface area contributed by atoms with Crippen LogP contribution in [0.2, 0.25) is 0 Å². The van der Waals surface area contributed by atoms with Gasteiger partial charge in [-0.15, -0.1) is 12.4 Å². The molecule has 1 spiro atoms. The summed E-state index contributed by atoms with van der Waals surface area (Å²) in [5.74, 6) is 0.635. The molecule has 2 aliphatic heterocycles. The number of aliphatic hydroxyl groups is 1. The molecule has 44 heavy (non-hydrogen) atoms. The SMILES string of the molecule is CCCCN1C(=O)[C@@H]([C@H](O)C2CCCCC2)NC(=O)C12CCN(CCCCCCCOc1ccc(C(=O)NC)cc1)CC2.Cl. The quantitative estimate of drug-likeness (QED) is 0.241. The third kappa shape index (κ3) is 9.10. The van der Waals surface area contributed by atoms with Crippen molar-refractivity contribution < 1.29 is 24.2 Å². The number of nitrogens with zero attached hydrogens (tertiary/aromatic N) is 2. The number of hydrogen-bond donors (Lipinski definition) is 3. The lowest BCUT2D eigenvalue weighted by Crippen LogP contribution is -2.75. The van der Waals surface area contributed by atoms with Crippen molar-refractivity contribution in [2.45, 2.75) is 114 Å². The summed E-state index contributed by atoms with van der Waals surface area (Å²) < 4.78 is 5.82. The van der Waals surface area contributed by atoms with E-state index in [0.29, 0.717) is 31.6 Å². The number of rotatable bonds is 15. The maximum atomic E-state index is 13.8. The van der Waals surface area contributed by atoms with E-state index in [2.05, 4.69) is 22.5 Å². The Morgan fingerprint density at radius 1 is 1.00 bits per heavy atom. The van der Waals surface area contributed by atoms with Crippen molar-refractivity contribution in [3.63, 3.8) is 0 Å². The van der Waals surface area contributed by atoms with Gasteiger partial charge in [0.05, 0.1) is 12.7 Å². The van der Waals surface area contributed by atoms with Crippen LogP contribution in [0.3, 0.4) is 0 Å². The molecule has 0 unspecified atom stereocenters. The molecule has 0 aromatic heterocycles. The molecule has 10 heteroatoms. The summed E-state index contributed by atoms with van der Waals surface area (Å²) in [4.78, 5) is 43.4. The fourth-order valence-electron chi connectivity index (χ4n) is 7.11. The Kier molecular flexibility index (Phi) is 14.7. The van der Waals surface area contributed by atoms with E-state index < -0.39 is 17.7 Å². The number of nitrogens with one attached hydrogen (secondary N) is 2. The van der Waals surface area contributed by atoms with Crippen LogP contribution < -0.4 is 15.4 Å². The molecule has 2 heterocycles. The highest BCUT2D eigenvalue weighted by atomic mass is 35.5. The molecule has 2 atom stereocenters. The maximum Gasteiger partial charge on any atom is 0.251 e. The van der Waals surface area contributed by atoms with Crippen LogP contribution in [0, 0.1) is 5.92 Å². The van der Waals surface area contributed by atoms with Gasteiger partial charge in [-0.1, -0.05) is 51.9 Å². The molecule has 3 amide bonds. The van der Waals surface area contributed by atoms with Gasteiger partial charge in [-0.2, -0.15) is 0 Å². The molecule has 248 valence electrons. The number of likely N-dealkylation sites (tertiary alicyclic amines) is 1. The highest BCUT2D eigenvalue weighted by molar-refractivity contribution is 6.00. The van der Waals surface area contributed by atoms with E-state index in [9.17, 15) is 19.5 Å². The molecule has 1 aromatic carbocycles. The number of carbonyl (C=O) groups excluding carboxylic acids is 3. The smallest absolute Gasteiger partial charge is 0.251 e. The zero-order valence-electron chi connectivity index (χ0n) is 26.9. The van der Waals surface area contributed by atoms with E-state index in [1.54, 1.807) is 19.2 Å². The zero-order chi connectivity index (χ0) is 30.7. The van der Waals surface area contributed by atoms with Gasteiger partial charge in [0.15, 0.2) is 0 Å². The molecule has 3 N–H and O–H groups in total. The lowest BCUT2D eigenvalue weighted by atomic mass is 9.78. The van der Waals surface area contributed by atoms with E-state index in [1.165, 1.54) is 6.42 Å². The molecule has 3 fully saturated rings. The van der Waals surface area contributed by atoms with Crippen molar-refractivity contribution >= 4 is 30.1 Å². The van der Waals surface area contributed by atoms with E-state index in [-0.39, 0.29) is 36.0 Å². The van der Waals surface area contributed by atoms with Crippen LogP contribution in [0.1, 0.15) is 107 Å². The van der Waals surface area contributed by atoms with E-state index in [0.717, 1.165) is 96.0 Å². The number of carbonyl (C=O) groups is 3. The third-order valence-electron chi connectivity index (χ3n) is 9.88. The first-order valence-electron chi connectivity index (χ1n) is 16.9. The molecule has 0 radical (unpaired) electrons. The predicted octanol–water partition coefficient (Wildman–Crippen LogP) is 4.70. The number of piperidine rings is 1. The number of ether oxygens (including phenoxy) is 1. The van der Waals surface area contributed by atoms with Crippen molar-refractivity contribution in [3.8, 4) is 5.75 Å². The van der Waals surface area contributed by atoms with E-state index in [4.69, 9.17) is 4.74 Å². The Labute approximate surface area is 270 Å². The summed E-state index contributed by atoms with van der Waals surface area (Å²) in [7, 11) is 1.62. The second kappa shape index (κ2) is 18.0. The standard InChI is InChI=1S/C34H54N4O5.ClH/c1-3-4-22-38-32(41)29(30(39)26-13-9-8-10-14-26)36-33(42)34(38)19-23-37(24-20-34)21-11-6-5-7-12-25-43-28-17-15-27(16-18-28)31(40)35-2;/h15-18,26,29-30,39H,3-14,19-25H2,1-2H3,(H,35,40)(H,36,42);1H/t29-,30-;/m1./s1.